The molecular formula is C21H24FN3O2S. The van der Waals surface area contributed by atoms with Crippen LogP contribution in [0, 0.1) is 5.82 Å². The minimum absolute atomic E-state index is 0.0429. The Balaban J connectivity index is 2.35. The van der Waals surface area contributed by atoms with Gasteiger partial charge in [-0.2, -0.15) is 0 Å². The third-order valence-corrected chi connectivity index (χ3v) is 6.25. The van der Waals surface area contributed by atoms with Crippen LogP contribution in [0.1, 0.15) is 37.4 Å². The molecule has 7 heteroatoms. The number of halogens is 1. The summed E-state index contributed by atoms with van der Waals surface area (Å²) in [5.41, 5.74) is 0.722. The number of hydrogen-bond acceptors (Lipinski definition) is 4. The van der Waals surface area contributed by atoms with Crippen molar-refractivity contribution in [1.82, 2.24) is 13.9 Å². The molecule has 3 aromatic rings. The summed E-state index contributed by atoms with van der Waals surface area (Å²) in [6.07, 6.45) is 0.583. The van der Waals surface area contributed by atoms with Crippen LogP contribution in [0.15, 0.2) is 65.9 Å². The largest absolute Gasteiger partial charge is 0.300 e. The van der Waals surface area contributed by atoms with Crippen molar-refractivity contribution in [2.75, 3.05) is 13.6 Å². The van der Waals surface area contributed by atoms with Gasteiger partial charge in [-0.25, -0.2) is 16.8 Å². The maximum Gasteiger partial charge on any atom is 0.269 e. The number of rotatable bonds is 7. The zero-order valence-electron chi connectivity index (χ0n) is 19.9. The molecule has 148 valence electrons. The Morgan fingerprint density at radius 3 is 2.75 bits per heavy atom. The predicted octanol–water partition coefficient (Wildman–Crippen LogP) is 4.33. The zero-order valence-corrected chi connectivity index (χ0v) is 16.7. The van der Waals surface area contributed by atoms with Crippen molar-refractivity contribution in [3.63, 3.8) is 0 Å². The third kappa shape index (κ3) is 3.72. The van der Waals surface area contributed by atoms with Crippen LogP contribution in [0.25, 0.3) is 11.3 Å². The van der Waals surface area contributed by atoms with E-state index < -0.39 is 45.2 Å². The molecule has 0 fully saturated rings. The first-order valence-electron chi connectivity index (χ1n) is 10.9. The Labute approximate surface area is 171 Å². The third-order valence-electron chi connectivity index (χ3n) is 4.72. The summed E-state index contributed by atoms with van der Waals surface area (Å²) in [6.45, 7) is 4.63. The van der Waals surface area contributed by atoms with Crippen molar-refractivity contribution in [2.45, 2.75) is 31.2 Å². The Hall–Kier alpha value is -2.51. The Morgan fingerprint density at radius 2 is 2.07 bits per heavy atom. The molecule has 0 N–H and O–H groups in total. The van der Waals surface area contributed by atoms with Gasteiger partial charge in [0.15, 0.2) is 0 Å². The van der Waals surface area contributed by atoms with Gasteiger partial charge in [0.1, 0.15) is 10.7 Å². The van der Waals surface area contributed by atoms with E-state index in [1.807, 2.05) is 25.8 Å². The van der Waals surface area contributed by atoms with Crippen LogP contribution < -0.4 is 0 Å². The lowest BCUT2D eigenvalue weighted by molar-refractivity contribution is 0.251. The lowest BCUT2D eigenvalue weighted by Crippen LogP contribution is -2.23. The molecule has 0 saturated heterocycles. The van der Waals surface area contributed by atoms with Gasteiger partial charge >= 0.3 is 0 Å². The first kappa shape index (κ1) is 15.4. The van der Waals surface area contributed by atoms with E-state index in [0.717, 1.165) is 3.97 Å². The average molecular weight is 406 g/mol. The van der Waals surface area contributed by atoms with Gasteiger partial charge in [-0.05, 0) is 55.9 Å². The van der Waals surface area contributed by atoms with Gasteiger partial charge in [0.25, 0.3) is 10.0 Å². The molecule has 1 atom stereocenters. The van der Waals surface area contributed by atoms with Crippen LogP contribution in [-0.2, 0) is 10.0 Å². The molecule has 5 nitrogen and oxygen atoms in total. The van der Waals surface area contributed by atoms with Crippen LogP contribution >= 0.6 is 0 Å². The molecule has 0 amide bonds. The zero-order chi connectivity index (χ0) is 23.8. The lowest BCUT2D eigenvalue weighted by Gasteiger charge is -2.24. The van der Waals surface area contributed by atoms with Gasteiger partial charge in [0.05, 0.1) is 11.2 Å². The highest BCUT2D eigenvalue weighted by Gasteiger charge is 2.26. The molecule has 2 aromatic heterocycles. The fraction of sp³-hybridized carbons (Fsp3) is 0.286. The van der Waals surface area contributed by atoms with E-state index in [1.54, 1.807) is 12.1 Å². The number of hydrogen-bond donors (Lipinski definition) is 0. The molecule has 0 aliphatic heterocycles. The monoisotopic (exact) mass is 405 g/mol. The molecule has 0 aliphatic carbocycles. The molecule has 0 aliphatic rings. The molecule has 0 bridgehead atoms. The first-order valence-corrected chi connectivity index (χ1v) is 10.4. The maximum atomic E-state index is 14.7. The molecule has 1 aromatic carbocycles. The van der Waals surface area contributed by atoms with E-state index in [4.69, 9.17) is 5.48 Å². The topological polar surface area (TPSA) is 55.2 Å². The van der Waals surface area contributed by atoms with Gasteiger partial charge in [0.2, 0.25) is 0 Å². The molecule has 3 rings (SSSR count). The second-order valence-electron chi connectivity index (χ2n) is 6.35. The van der Waals surface area contributed by atoms with Gasteiger partial charge in [0, 0.05) is 30.1 Å². The molecule has 0 spiro atoms. The quantitative estimate of drug-likeness (QED) is 0.587. The van der Waals surface area contributed by atoms with Crippen molar-refractivity contribution >= 4 is 10.0 Å². The van der Waals surface area contributed by atoms with Crippen molar-refractivity contribution in [1.29, 1.82) is 0 Å². The predicted molar refractivity (Wildman–Crippen MR) is 108 cm³/mol. The van der Waals surface area contributed by atoms with Gasteiger partial charge in [-0.1, -0.05) is 26.0 Å². The molecule has 0 radical (unpaired) electrons. The summed E-state index contributed by atoms with van der Waals surface area (Å²) in [6, 6.07) is 5.72. The smallest absolute Gasteiger partial charge is 0.269 e. The van der Waals surface area contributed by atoms with E-state index in [0.29, 0.717) is 18.5 Å². The summed E-state index contributed by atoms with van der Waals surface area (Å²) in [5.74, 6) is -0.622. The summed E-state index contributed by atoms with van der Waals surface area (Å²) >= 11 is 0. The van der Waals surface area contributed by atoms with Crippen molar-refractivity contribution in [2.24, 2.45) is 0 Å². The fourth-order valence-electron chi connectivity index (χ4n) is 3.17. The maximum absolute atomic E-state index is 14.7. The van der Waals surface area contributed by atoms with E-state index in [-0.39, 0.29) is 17.3 Å². The van der Waals surface area contributed by atoms with E-state index in [2.05, 4.69) is 4.98 Å². The molecular weight excluding hydrogens is 377 g/mol. The Bertz CT molecular complexity index is 1260. The van der Waals surface area contributed by atoms with Gasteiger partial charge < -0.3 is 0 Å². The van der Waals surface area contributed by atoms with Crippen LogP contribution in [0.2, 0.25) is 0 Å². The summed E-state index contributed by atoms with van der Waals surface area (Å²) in [4.78, 5) is 4.73. The van der Waals surface area contributed by atoms with Crippen LogP contribution in [0.4, 0.5) is 4.39 Å². The van der Waals surface area contributed by atoms with Gasteiger partial charge in [-0.15, -0.1) is 0 Å². The number of aromatic nitrogens is 2. The normalized spacial score (nSPS) is 15.0. The van der Waals surface area contributed by atoms with Crippen LogP contribution in [0.5, 0.6) is 0 Å². The van der Waals surface area contributed by atoms with Gasteiger partial charge in [-0.3, -0.25) is 9.88 Å². The Kier molecular flexibility index (Phi) is 4.54. The van der Waals surface area contributed by atoms with E-state index in [9.17, 15) is 12.8 Å². The van der Waals surface area contributed by atoms with Crippen LogP contribution in [0.3, 0.4) is 0 Å². The SMILES string of the molecule is [2H]c1nc([2H])c(S(=O)(=O)n2cc(C(CC)N(C)CC)cc2-c2ccccc2F)c([2H])c1[2H]. The Morgan fingerprint density at radius 1 is 1.32 bits per heavy atom. The van der Waals surface area contributed by atoms with E-state index in [1.165, 1.54) is 24.4 Å². The van der Waals surface area contributed by atoms with E-state index >= 15 is 0 Å². The second-order valence-corrected chi connectivity index (χ2v) is 8.10. The number of pyridine rings is 1. The highest BCUT2D eigenvalue weighted by molar-refractivity contribution is 7.90. The fourth-order valence-corrected chi connectivity index (χ4v) is 4.38. The summed E-state index contributed by atoms with van der Waals surface area (Å²) < 4.78 is 74.2. The average Bonchev–Trinajstić information content (AvgIpc) is 3.18. The van der Waals surface area contributed by atoms with Crippen molar-refractivity contribution in [3.8, 4) is 11.3 Å². The summed E-state index contributed by atoms with van der Waals surface area (Å²) in [7, 11) is -2.70. The lowest BCUT2D eigenvalue weighted by atomic mass is 10.0. The standard InChI is InChI=1S/C21H24FN3O2S/c1-4-20(24(3)5-2)16-13-21(18-10-6-7-11-19(18)22)25(15-16)28(26,27)17-9-8-12-23-14-17/h6-15,20H,4-5H2,1-3H3/i8D,9D,12D,14D. The molecule has 1 unspecified atom stereocenters. The minimum Gasteiger partial charge on any atom is -0.300 e. The first-order chi connectivity index (χ1) is 15.0. The molecule has 0 saturated carbocycles. The highest BCUT2D eigenvalue weighted by Crippen LogP contribution is 2.33. The summed E-state index contributed by atoms with van der Waals surface area (Å²) in [5, 5.41) is 0. The van der Waals surface area contributed by atoms with Crippen LogP contribution in [-0.4, -0.2) is 35.9 Å². The molecule has 28 heavy (non-hydrogen) atoms. The highest BCUT2D eigenvalue weighted by atomic mass is 32.2. The minimum atomic E-state index is -4.60. The number of nitrogens with zero attached hydrogens (tertiary/aromatic N) is 3. The second kappa shape index (κ2) is 8.24. The van der Waals surface area contributed by atoms with Crippen molar-refractivity contribution < 1.29 is 18.3 Å². The molecule has 2 heterocycles. The number of benzene rings is 1. The van der Waals surface area contributed by atoms with Crippen molar-refractivity contribution in [3.05, 3.63) is 72.3 Å².